The minimum atomic E-state index is 0.477. The van der Waals surface area contributed by atoms with Crippen molar-refractivity contribution in [1.29, 1.82) is 0 Å². The van der Waals surface area contributed by atoms with Crippen LogP contribution in [0.2, 0.25) is 0 Å². The molecule has 5 nitrogen and oxygen atoms in total. The van der Waals surface area contributed by atoms with Gasteiger partial charge >= 0.3 is 0 Å². The minimum absolute atomic E-state index is 0.477. The average Bonchev–Trinajstić information content (AvgIpc) is 2.73. The minimum Gasteiger partial charge on any atom is -0.370 e. The van der Waals surface area contributed by atoms with E-state index in [1.54, 1.807) is 0 Å². The maximum atomic E-state index is 6.18. The van der Waals surface area contributed by atoms with Gasteiger partial charge in [-0.1, -0.05) is 12.1 Å². The molecule has 5 heteroatoms. The van der Waals surface area contributed by atoms with E-state index in [0.29, 0.717) is 12.5 Å². The SMILES string of the molecule is NC(=NCc1ccnc(N2CCCCC2)c1)Nc1cccc2c1CCCC2. The van der Waals surface area contributed by atoms with Crippen LogP contribution in [0.3, 0.4) is 0 Å². The highest BCUT2D eigenvalue weighted by molar-refractivity contribution is 5.93. The summed E-state index contributed by atoms with van der Waals surface area (Å²) in [7, 11) is 0. The molecule has 1 saturated heterocycles. The number of aromatic nitrogens is 1. The first-order chi connectivity index (χ1) is 13.3. The third-order valence-electron chi connectivity index (χ3n) is 5.58. The fourth-order valence-corrected chi connectivity index (χ4v) is 4.11. The average molecular weight is 364 g/mol. The van der Waals surface area contributed by atoms with Gasteiger partial charge in [-0.15, -0.1) is 0 Å². The van der Waals surface area contributed by atoms with E-state index in [1.165, 1.54) is 43.2 Å². The van der Waals surface area contributed by atoms with E-state index in [0.717, 1.165) is 43.0 Å². The van der Waals surface area contributed by atoms with Crippen LogP contribution in [0.25, 0.3) is 0 Å². The molecule has 1 aliphatic heterocycles. The molecular weight excluding hydrogens is 334 g/mol. The van der Waals surface area contributed by atoms with Crippen molar-refractivity contribution in [2.45, 2.75) is 51.5 Å². The van der Waals surface area contributed by atoms with Crippen LogP contribution in [-0.4, -0.2) is 24.0 Å². The molecule has 2 heterocycles. The van der Waals surface area contributed by atoms with Gasteiger partial charge in [0.2, 0.25) is 0 Å². The van der Waals surface area contributed by atoms with Crippen LogP contribution >= 0.6 is 0 Å². The van der Waals surface area contributed by atoms with Crippen molar-refractivity contribution in [3.63, 3.8) is 0 Å². The van der Waals surface area contributed by atoms with E-state index in [-0.39, 0.29) is 0 Å². The summed E-state index contributed by atoms with van der Waals surface area (Å²) in [5.41, 5.74) is 11.3. The van der Waals surface area contributed by atoms with Crippen LogP contribution < -0.4 is 16.0 Å². The third-order valence-corrected chi connectivity index (χ3v) is 5.58. The molecule has 4 rings (SSSR count). The van der Waals surface area contributed by atoms with Crippen molar-refractivity contribution in [2.75, 3.05) is 23.3 Å². The lowest BCUT2D eigenvalue weighted by Gasteiger charge is -2.27. The number of aryl methyl sites for hydroxylation is 1. The zero-order valence-corrected chi connectivity index (χ0v) is 16.0. The van der Waals surface area contributed by atoms with Gasteiger partial charge < -0.3 is 16.0 Å². The molecule has 2 aliphatic rings. The van der Waals surface area contributed by atoms with Crippen LogP contribution in [0.1, 0.15) is 48.8 Å². The lowest BCUT2D eigenvalue weighted by molar-refractivity contribution is 0.573. The Labute approximate surface area is 161 Å². The van der Waals surface area contributed by atoms with Gasteiger partial charge in [0.1, 0.15) is 5.82 Å². The van der Waals surface area contributed by atoms with Crippen LogP contribution in [0.5, 0.6) is 0 Å². The molecule has 0 atom stereocenters. The lowest BCUT2D eigenvalue weighted by atomic mass is 9.90. The number of aliphatic imine (C=N–C) groups is 1. The monoisotopic (exact) mass is 363 g/mol. The molecule has 1 aliphatic carbocycles. The van der Waals surface area contributed by atoms with Crippen LogP contribution in [-0.2, 0) is 19.4 Å². The Morgan fingerprint density at radius 2 is 1.93 bits per heavy atom. The van der Waals surface area contributed by atoms with Crippen molar-refractivity contribution >= 4 is 17.5 Å². The Bertz CT molecular complexity index is 808. The van der Waals surface area contributed by atoms with Gasteiger partial charge in [0.15, 0.2) is 5.96 Å². The Balaban J connectivity index is 1.42. The Morgan fingerprint density at radius 1 is 1.07 bits per heavy atom. The second-order valence-corrected chi connectivity index (χ2v) is 7.55. The molecule has 0 unspecified atom stereocenters. The number of nitrogens with one attached hydrogen (secondary N) is 1. The molecule has 1 aromatic carbocycles. The summed E-state index contributed by atoms with van der Waals surface area (Å²) in [4.78, 5) is 11.5. The maximum Gasteiger partial charge on any atom is 0.193 e. The van der Waals surface area contributed by atoms with Crippen molar-refractivity contribution in [3.8, 4) is 0 Å². The summed E-state index contributed by atoms with van der Waals surface area (Å²) in [5.74, 6) is 1.54. The van der Waals surface area contributed by atoms with Gasteiger partial charge in [-0.05, 0) is 79.8 Å². The number of guanidine groups is 1. The van der Waals surface area contributed by atoms with Crippen LogP contribution in [0, 0.1) is 0 Å². The van der Waals surface area contributed by atoms with Crippen molar-refractivity contribution < 1.29 is 0 Å². The summed E-state index contributed by atoms with van der Waals surface area (Å²) < 4.78 is 0. The molecule has 3 N–H and O–H groups in total. The Kier molecular flexibility index (Phi) is 5.56. The molecule has 2 aromatic rings. The molecule has 1 fully saturated rings. The van der Waals surface area contributed by atoms with Gasteiger partial charge in [0.05, 0.1) is 6.54 Å². The Morgan fingerprint density at radius 3 is 2.81 bits per heavy atom. The maximum absolute atomic E-state index is 6.18. The van der Waals surface area contributed by atoms with E-state index >= 15 is 0 Å². The smallest absolute Gasteiger partial charge is 0.193 e. The summed E-state index contributed by atoms with van der Waals surface area (Å²) >= 11 is 0. The zero-order valence-electron chi connectivity index (χ0n) is 16.0. The molecule has 0 amide bonds. The van der Waals surface area contributed by atoms with Gasteiger partial charge in [0, 0.05) is 25.0 Å². The summed E-state index contributed by atoms with van der Waals surface area (Å²) in [6.45, 7) is 2.77. The topological polar surface area (TPSA) is 66.5 Å². The zero-order chi connectivity index (χ0) is 18.5. The van der Waals surface area contributed by atoms with Crippen LogP contribution in [0.15, 0.2) is 41.5 Å². The van der Waals surface area contributed by atoms with Crippen molar-refractivity contribution in [1.82, 2.24) is 4.98 Å². The first-order valence-electron chi connectivity index (χ1n) is 10.2. The Hall–Kier alpha value is -2.56. The summed E-state index contributed by atoms with van der Waals surface area (Å²) in [5, 5.41) is 3.32. The number of pyridine rings is 1. The number of hydrogen-bond donors (Lipinski definition) is 2. The predicted molar refractivity (Wildman–Crippen MR) is 112 cm³/mol. The number of nitrogens with two attached hydrogens (primary N) is 1. The number of nitrogens with zero attached hydrogens (tertiary/aromatic N) is 3. The fraction of sp³-hybridized carbons (Fsp3) is 0.455. The second kappa shape index (κ2) is 8.42. The van der Waals surface area contributed by atoms with Gasteiger partial charge in [0.25, 0.3) is 0 Å². The molecule has 1 aromatic heterocycles. The highest BCUT2D eigenvalue weighted by Gasteiger charge is 2.14. The number of fused-ring (bicyclic) bond motifs is 1. The van der Waals surface area contributed by atoms with E-state index in [9.17, 15) is 0 Å². The van der Waals surface area contributed by atoms with Gasteiger partial charge in [-0.3, -0.25) is 0 Å². The van der Waals surface area contributed by atoms with E-state index in [2.05, 4.69) is 44.5 Å². The number of anilines is 2. The number of piperidine rings is 1. The normalized spacial score (nSPS) is 17.5. The van der Waals surface area contributed by atoms with Crippen LogP contribution in [0.4, 0.5) is 11.5 Å². The standard InChI is InChI=1S/C22H29N5/c23-22(26-20-10-6-8-18-7-2-3-9-19(18)20)25-16-17-11-12-24-21(15-17)27-13-4-1-5-14-27/h6,8,10-12,15H,1-5,7,9,13-14,16H2,(H3,23,25,26). The van der Waals surface area contributed by atoms with Gasteiger partial charge in [-0.2, -0.15) is 0 Å². The number of rotatable bonds is 4. The molecular formula is C22H29N5. The lowest BCUT2D eigenvalue weighted by Crippen LogP contribution is -2.30. The molecule has 0 saturated carbocycles. The van der Waals surface area contributed by atoms with E-state index < -0.39 is 0 Å². The highest BCUT2D eigenvalue weighted by atomic mass is 15.2. The fourth-order valence-electron chi connectivity index (χ4n) is 4.11. The second-order valence-electron chi connectivity index (χ2n) is 7.55. The molecule has 27 heavy (non-hydrogen) atoms. The highest BCUT2D eigenvalue weighted by Crippen LogP contribution is 2.27. The molecule has 142 valence electrons. The molecule has 0 radical (unpaired) electrons. The first kappa shape index (κ1) is 17.8. The summed E-state index contributed by atoms with van der Waals surface area (Å²) in [6.07, 6.45) is 10.5. The predicted octanol–water partition coefficient (Wildman–Crippen LogP) is 3.88. The van der Waals surface area contributed by atoms with E-state index in [4.69, 9.17) is 5.73 Å². The third kappa shape index (κ3) is 4.41. The van der Waals surface area contributed by atoms with E-state index in [1.807, 2.05) is 12.3 Å². The number of hydrogen-bond acceptors (Lipinski definition) is 3. The quantitative estimate of drug-likeness (QED) is 0.639. The molecule has 0 spiro atoms. The largest absolute Gasteiger partial charge is 0.370 e. The summed E-state index contributed by atoms with van der Waals surface area (Å²) in [6, 6.07) is 10.6. The van der Waals surface area contributed by atoms with Gasteiger partial charge in [-0.25, -0.2) is 9.98 Å². The first-order valence-corrected chi connectivity index (χ1v) is 10.2. The number of benzene rings is 1. The molecule has 0 bridgehead atoms. The van der Waals surface area contributed by atoms with Crippen molar-refractivity contribution in [2.24, 2.45) is 10.7 Å². The van der Waals surface area contributed by atoms with Crippen molar-refractivity contribution in [3.05, 3.63) is 53.2 Å².